The van der Waals surface area contributed by atoms with E-state index in [-0.39, 0.29) is 18.5 Å². The highest BCUT2D eigenvalue weighted by Crippen LogP contribution is 2.31. The number of rotatable bonds is 6. The lowest BCUT2D eigenvalue weighted by Gasteiger charge is -2.14. The average Bonchev–Trinajstić information content (AvgIpc) is 3.26. The summed E-state index contributed by atoms with van der Waals surface area (Å²) in [5, 5.41) is 26.0. The molecule has 9 nitrogen and oxygen atoms in total. The molecule has 0 bridgehead atoms. The SMILES string of the molecule is CNc1nc2c(cc(C(=O)NC3CC3)n2C[C@H](O)CO)c2c1ncn2C. The summed E-state index contributed by atoms with van der Waals surface area (Å²) in [4.78, 5) is 21.7. The van der Waals surface area contributed by atoms with Crippen molar-refractivity contribution in [1.29, 1.82) is 0 Å². The van der Waals surface area contributed by atoms with Gasteiger partial charge in [-0.1, -0.05) is 0 Å². The molecule has 0 aliphatic heterocycles. The van der Waals surface area contributed by atoms with Gasteiger partial charge in [-0.2, -0.15) is 0 Å². The van der Waals surface area contributed by atoms with Crippen LogP contribution in [-0.4, -0.2) is 61.0 Å². The molecule has 3 aromatic rings. The van der Waals surface area contributed by atoms with Crippen molar-refractivity contribution in [2.75, 3.05) is 19.0 Å². The predicted octanol–water partition coefficient (Wildman–Crippen LogP) is 0.210. The van der Waals surface area contributed by atoms with Crippen LogP contribution in [0.25, 0.3) is 22.1 Å². The van der Waals surface area contributed by atoms with E-state index in [1.807, 2.05) is 11.6 Å². The first kappa shape index (κ1) is 16.8. The molecule has 1 atom stereocenters. The highest BCUT2D eigenvalue weighted by Gasteiger charge is 2.27. The third-order valence-electron chi connectivity index (χ3n) is 4.69. The molecule has 9 heteroatoms. The Morgan fingerprint density at radius 2 is 2.23 bits per heavy atom. The second-order valence-electron chi connectivity index (χ2n) is 6.72. The van der Waals surface area contributed by atoms with Gasteiger partial charge in [0.1, 0.15) is 16.9 Å². The van der Waals surface area contributed by atoms with Crippen molar-refractivity contribution in [2.45, 2.75) is 31.5 Å². The molecule has 4 N–H and O–H groups in total. The number of aliphatic hydroxyl groups is 2. The summed E-state index contributed by atoms with van der Waals surface area (Å²) in [6, 6.07) is 2.00. The maximum absolute atomic E-state index is 12.7. The molecule has 4 rings (SSSR count). The van der Waals surface area contributed by atoms with Gasteiger partial charge in [0.15, 0.2) is 5.82 Å². The number of fused-ring (bicyclic) bond motifs is 3. The van der Waals surface area contributed by atoms with Crippen molar-refractivity contribution in [3.63, 3.8) is 0 Å². The van der Waals surface area contributed by atoms with E-state index in [2.05, 4.69) is 20.6 Å². The van der Waals surface area contributed by atoms with Gasteiger partial charge in [-0.15, -0.1) is 0 Å². The van der Waals surface area contributed by atoms with E-state index in [0.717, 1.165) is 29.3 Å². The number of nitrogens with one attached hydrogen (secondary N) is 2. The molecule has 138 valence electrons. The monoisotopic (exact) mass is 358 g/mol. The van der Waals surface area contributed by atoms with Crippen LogP contribution in [0.1, 0.15) is 23.3 Å². The van der Waals surface area contributed by atoms with Crippen molar-refractivity contribution >= 4 is 33.8 Å². The zero-order valence-corrected chi connectivity index (χ0v) is 14.7. The number of amides is 1. The Hall–Kier alpha value is -2.65. The van der Waals surface area contributed by atoms with Crippen molar-refractivity contribution in [1.82, 2.24) is 24.4 Å². The smallest absolute Gasteiger partial charge is 0.268 e. The van der Waals surface area contributed by atoms with Crippen LogP contribution in [0.4, 0.5) is 5.82 Å². The molecule has 3 aromatic heterocycles. The van der Waals surface area contributed by atoms with E-state index in [0.29, 0.717) is 17.2 Å². The fraction of sp³-hybridized carbons (Fsp3) is 0.471. The molecule has 1 saturated carbocycles. The van der Waals surface area contributed by atoms with Gasteiger partial charge >= 0.3 is 0 Å². The Labute approximate surface area is 149 Å². The van der Waals surface area contributed by atoms with Gasteiger partial charge in [0.25, 0.3) is 5.91 Å². The van der Waals surface area contributed by atoms with Gasteiger partial charge in [0.2, 0.25) is 0 Å². The quantitative estimate of drug-likeness (QED) is 0.500. The number of aromatic nitrogens is 4. The molecule has 0 spiro atoms. The number of imidazole rings is 1. The minimum Gasteiger partial charge on any atom is -0.394 e. The lowest BCUT2D eigenvalue weighted by atomic mass is 10.2. The molecule has 0 unspecified atom stereocenters. The van der Waals surface area contributed by atoms with Crippen LogP contribution in [0, 0.1) is 0 Å². The van der Waals surface area contributed by atoms with Crippen LogP contribution in [0.15, 0.2) is 12.4 Å². The number of carbonyl (C=O) groups is 1. The van der Waals surface area contributed by atoms with Crippen LogP contribution in [0.2, 0.25) is 0 Å². The molecular formula is C17H22N6O3. The zero-order chi connectivity index (χ0) is 18.4. The summed E-state index contributed by atoms with van der Waals surface area (Å²) in [6.45, 7) is -0.316. The third kappa shape index (κ3) is 2.69. The number of pyridine rings is 1. The lowest BCUT2D eigenvalue weighted by molar-refractivity contribution is 0.0795. The first-order chi connectivity index (χ1) is 12.5. The molecule has 0 aromatic carbocycles. The third-order valence-corrected chi connectivity index (χ3v) is 4.69. The van der Waals surface area contributed by atoms with E-state index in [1.54, 1.807) is 24.0 Å². The molecule has 0 saturated heterocycles. The molecule has 1 aliphatic carbocycles. The van der Waals surface area contributed by atoms with E-state index in [4.69, 9.17) is 0 Å². The van der Waals surface area contributed by atoms with Gasteiger partial charge in [-0.25, -0.2) is 9.97 Å². The maximum Gasteiger partial charge on any atom is 0.268 e. The summed E-state index contributed by atoms with van der Waals surface area (Å²) in [7, 11) is 3.65. The van der Waals surface area contributed by atoms with E-state index >= 15 is 0 Å². The minimum atomic E-state index is -0.986. The van der Waals surface area contributed by atoms with Gasteiger partial charge in [-0.05, 0) is 18.9 Å². The number of aliphatic hydroxyl groups excluding tert-OH is 2. The normalized spacial score (nSPS) is 15.5. The first-order valence-corrected chi connectivity index (χ1v) is 8.65. The second-order valence-corrected chi connectivity index (χ2v) is 6.72. The van der Waals surface area contributed by atoms with Crippen LogP contribution >= 0.6 is 0 Å². The number of aryl methyl sites for hydroxylation is 1. The van der Waals surface area contributed by atoms with Crippen molar-refractivity contribution in [2.24, 2.45) is 7.05 Å². The topological polar surface area (TPSA) is 117 Å². The van der Waals surface area contributed by atoms with Crippen molar-refractivity contribution in [3.8, 4) is 0 Å². The van der Waals surface area contributed by atoms with Gasteiger partial charge < -0.3 is 30.0 Å². The van der Waals surface area contributed by atoms with E-state index in [1.165, 1.54) is 0 Å². The highest BCUT2D eigenvalue weighted by atomic mass is 16.3. The summed E-state index contributed by atoms with van der Waals surface area (Å²) >= 11 is 0. The fourth-order valence-electron chi connectivity index (χ4n) is 3.22. The molecule has 1 amide bonds. The standard InChI is InChI=1S/C17H22N6O3/c1-18-15-13-14(22(2)8-19-13)11-5-12(17(26)20-9-3-4-9)23(16(11)21-15)6-10(25)7-24/h5,8-10,24-25H,3-4,6-7H2,1-2H3,(H,18,21)(H,20,26)/t10-/m0/s1. The lowest BCUT2D eigenvalue weighted by Crippen LogP contribution is -2.30. The summed E-state index contributed by atoms with van der Waals surface area (Å²) < 4.78 is 3.55. The largest absolute Gasteiger partial charge is 0.394 e. The summed E-state index contributed by atoms with van der Waals surface area (Å²) in [5.74, 6) is 0.400. The van der Waals surface area contributed by atoms with Crippen molar-refractivity contribution in [3.05, 3.63) is 18.1 Å². The Morgan fingerprint density at radius 1 is 1.46 bits per heavy atom. The molecule has 1 fully saturated rings. The Morgan fingerprint density at radius 3 is 2.88 bits per heavy atom. The zero-order valence-electron chi connectivity index (χ0n) is 14.7. The predicted molar refractivity (Wildman–Crippen MR) is 97.1 cm³/mol. The minimum absolute atomic E-state index is 0.0763. The Balaban J connectivity index is 1.96. The molecule has 26 heavy (non-hydrogen) atoms. The molecular weight excluding hydrogens is 336 g/mol. The maximum atomic E-state index is 12.7. The Kier molecular flexibility index (Phi) is 4.04. The van der Waals surface area contributed by atoms with Crippen LogP contribution < -0.4 is 10.6 Å². The number of hydrogen-bond acceptors (Lipinski definition) is 6. The average molecular weight is 358 g/mol. The van der Waals surface area contributed by atoms with E-state index in [9.17, 15) is 15.0 Å². The highest BCUT2D eigenvalue weighted by molar-refractivity contribution is 6.09. The fourth-order valence-corrected chi connectivity index (χ4v) is 3.22. The number of nitrogens with zero attached hydrogens (tertiary/aromatic N) is 4. The molecule has 3 heterocycles. The van der Waals surface area contributed by atoms with Gasteiger partial charge in [0.05, 0.1) is 31.1 Å². The van der Waals surface area contributed by atoms with Gasteiger partial charge in [0, 0.05) is 25.5 Å². The summed E-state index contributed by atoms with van der Waals surface area (Å²) in [6.07, 6.45) is 2.69. The number of hydrogen-bond donors (Lipinski definition) is 4. The first-order valence-electron chi connectivity index (χ1n) is 8.65. The van der Waals surface area contributed by atoms with Crippen LogP contribution in [-0.2, 0) is 13.6 Å². The van der Waals surface area contributed by atoms with E-state index < -0.39 is 12.7 Å². The number of anilines is 1. The second kappa shape index (κ2) is 6.26. The van der Waals surface area contributed by atoms with Crippen LogP contribution in [0.3, 0.4) is 0 Å². The van der Waals surface area contributed by atoms with Crippen molar-refractivity contribution < 1.29 is 15.0 Å². The Bertz CT molecular complexity index is 988. The number of carbonyl (C=O) groups excluding carboxylic acids is 1. The molecule has 0 radical (unpaired) electrons. The molecule has 1 aliphatic rings. The van der Waals surface area contributed by atoms with Gasteiger partial charge in [-0.3, -0.25) is 4.79 Å². The summed E-state index contributed by atoms with van der Waals surface area (Å²) in [5.41, 5.74) is 2.56. The van der Waals surface area contributed by atoms with Crippen LogP contribution in [0.5, 0.6) is 0 Å².